The molecule has 2 heterocycles. The molecular weight excluding hydrogens is 254 g/mol. The maximum absolute atomic E-state index is 5.47. The molecule has 4 rings (SSSR count). The molecule has 2 aromatic heterocycles. The van der Waals surface area contributed by atoms with E-state index in [1.54, 1.807) is 0 Å². The van der Waals surface area contributed by atoms with Gasteiger partial charge in [-0.15, -0.1) is 0 Å². The molecule has 5 heteroatoms. The molecule has 102 valence electrons. The van der Waals surface area contributed by atoms with Crippen LogP contribution in [0.2, 0.25) is 0 Å². The zero-order valence-corrected chi connectivity index (χ0v) is 11.3. The van der Waals surface area contributed by atoms with Crippen LogP contribution >= 0.6 is 0 Å². The Kier molecular flexibility index (Phi) is 2.58. The smallest absolute Gasteiger partial charge is 0.258 e. The molecule has 1 fully saturated rings. The molecule has 0 saturated heterocycles. The van der Waals surface area contributed by atoms with Gasteiger partial charge in [0.15, 0.2) is 17.3 Å². The third kappa shape index (κ3) is 1.90. The van der Waals surface area contributed by atoms with Crippen molar-refractivity contribution in [3.05, 3.63) is 29.9 Å². The molecular formula is C15H15N3O2. The van der Waals surface area contributed by atoms with Crippen LogP contribution in [0, 0.1) is 6.92 Å². The molecule has 1 aromatic carbocycles. The van der Waals surface area contributed by atoms with Crippen LogP contribution in [0.4, 0.5) is 0 Å². The van der Waals surface area contributed by atoms with Gasteiger partial charge in [-0.25, -0.2) is 4.98 Å². The predicted molar refractivity (Wildman–Crippen MR) is 73.2 cm³/mol. The lowest BCUT2D eigenvalue weighted by atomic mass is 10.1. The summed E-state index contributed by atoms with van der Waals surface area (Å²) in [6.07, 6.45) is 4.86. The van der Waals surface area contributed by atoms with Gasteiger partial charge in [0, 0.05) is 18.4 Å². The number of hydrogen-bond donors (Lipinski definition) is 0. The van der Waals surface area contributed by atoms with Crippen molar-refractivity contribution < 1.29 is 8.94 Å². The number of oxazole rings is 1. The van der Waals surface area contributed by atoms with Crippen LogP contribution in [0.15, 0.2) is 27.1 Å². The Morgan fingerprint density at radius 1 is 1.15 bits per heavy atom. The second-order valence-corrected chi connectivity index (χ2v) is 5.35. The summed E-state index contributed by atoms with van der Waals surface area (Å²) in [5.41, 5.74) is 2.49. The molecule has 0 unspecified atom stereocenters. The third-order valence-corrected chi connectivity index (χ3v) is 3.90. The third-order valence-electron chi connectivity index (χ3n) is 3.90. The first kappa shape index (κ1) is 11.6. The Hall–Kier alpha value is -2.17. The largest absolute Gasteiger partial charge is 0.441 e. The van der Waals surface area contributed by atoms with Crippen LogP contribution in [0.25, 0.3) is 22.6 Å². The molecule has 0 spiro atoms. The van der Waals surface area contributed by atoms with E-state index in [2.05, 4.69) is 15.1 Å². The first-order valence-corrected chi connectivity index (χ1v) is 7.01. The summed E-state index contributed by atoms with van der Waals surface area (Å²) >= 11 is 0. The topological polar surface area (TPSA) is 65.0 Å². The minimum Gasteiger partial charge on any atom is -0.441 e. The summed E-state index contributed by atoms with van der Waals surface area (Å²) in [4.78, 5) is 8.87. The normalized spacial score (nSPS) is 16.2. The summed E-state index contributed by atoms with van der Waals surface area (Å²) in [5.74, 6) is 2.53. The molecule has 0 N–H and O–H groups in total. The fourth-order valence-electron chi connectivity index (χ4n) is 2.88. The molecule has 1 saturated carbocycles. The van der Waals surface area contributed by atoms with Crippen LogP contribution in [0.1, 0.15) is 43.3 Å². The van der Waals surface area contributed by atoms with Crippen LogP contribution < -0.4 is 0 Å². The Morgan fingerprint density at radius 2 is 2.00 bits per heavy atom. The van der Waals surface area contributed by atoms with E-state index in [0.717, 1.165) is 22.5 Å². The maximum atomic E-state index is 5.47. The molecule has 3 aromatic rings. The molecule has 0 amide bonds. The quantitative estimate of drug-likeness (QED) is 0.707. The zero-order chi connectivity index (χ0) is 13.5. The van der Waals surface area contributed by atoms with Crippen molar-refractivity contribution in [2.75, 3.05) is 0 Å². The minimum absolute atomic E-state index is 0.463. The van der Waals surface area contributed by atoms with Gasteiger partial charge in [-0.2, -0.15) is 4.98 Å². The van der Waals surface area contributed by atoms with Crippen LogP contribution in [-0.2, 0) is 0 Å². The first-order chi connectivity index (χ1) is 9.79. The lowest BCUT2D eigenvalue weighted by Gasteiger charge is -1.99. The first-order valence-electron chi connectivity index (χ1n) is 7.01. The van der Waals surface area contributed by atoms with E-state index in [1.807, 2.05) is 25.1 Å². The van der Waals surface area contributed by atoms with E-state index in [0.29, 0.717) is 17.7 Å². The number of fused-ring (bicyclic) bond motifs is 1. The number of nitrogens with zero attached hydrogens (tertiary/aromatic N) is 3. The highest BCUT2D eigenvalue weighted by molar-refractivity contribution is 5.78. The highest BCUT2D eigenvalue weighted by Crippen LogP contribution is 2.33. The van der Waals surface area contributed by atoms with Gasteiger partial charge in [-0.05, 0) is 31.0 Å². The van der Waals surface area contributed by atoms with Gasteiger partial charge in [0.1, 0.15) is 5.52 Å². The van der Waals surface area contributed by atoms with Crippen LogP contribution in [-0.4, -0.2) is 15.1 Å². The van der Waals surface area contributed by atoms with E-state index >= 15 is 0 Å². The number of aromatic nitrogens is 3. The lowest BCUT2D eigenvalue weighted by Crippen LogP contribution is -1.94. The van der Waals surface area contributed by atoms with Crippen LogP contribution in [0.5, 0.6) is 0 Å². The Balaban J connectivity index is 1.71. The van der Waals surface area contributed by atoms with Crippen molar-refractivity contribution in [2.24, 2.45) is 0 Å². The molecule has 0 radical (unpaired) electrons. The van der Waals surface area contributed by atoms with Gasteiger partial charge in [0.25, 0.3) is 5.89 Å². The van der Waals surface area contributed by atoms with Gasteiger partial charge in [0.2, 0.25) is 0 Å². The van der Waals surface area contributed by atoms with E-state index in [-0.39, 0.29) is 0 Å². The number of benzene rings is 1. The van der Waals surface area contributed by atoms with Gasteiger partial charge in [-0.3, -0.25) is 0 Å². The second-order valence-electron chi connectivity index (χ2n) is 5.35. The maximum Gasteiger partial charge on any atom is 0.258 e. The van der Waals surface area contributed by atoms with Crippen molar-refractivity contribution in [1.29, 1.82) is 0 Å². The van der Waals surface area contributed by atoms with E-state index in [1.165, 1.54) is 25.7 Å². The minimum atomic E-state index is 0.463. The molecule has 1 aliphatic carbocycles. The second kappa shape index (κ2) is 4.44. The number of aryl methyl sites for hydroxylation is 1. The summed E-state index contributed by atoms with van der Waals surface area (Å²) in [5, 5.41) is 4.13. The molecule has 5 nitrogen and oxygen atoms in total. The van der Waals surface area contributed by atoms with Crippen molar-refractivity contribution in [3.63, 3.8) is 0 Å². The predicted octanol–water partition coefficient (Wildman–Crippen LogP) is 3.84. The Bertz CT molecular complexity index is 753. The number of rotatable bonds is 2. The summed E-state index contributed by atoms with van der Waals surface area (Å²) < 4.78 is 10.9. The van der Waals surface area contributed by atoms with E-state index in [4.69, 9.17) is 8.94 Å². The standard InChI is InChI=1S/C15H15N3O2/c1-9-16-12-8-11(6-7-13(12)19-9)15-17-14(18-20-15)10-4-2-3-5-10/h6-8,10H,2-5H2,1H3. The van der Waals surface area contributed by atoms with E-state index < -0.39 is 0 Å². The highest BCUT2D eigenvalue weighted by Gasteiger charge is 2.22. The van der Waals surface area contributed by atoms with Gasteiger partial charge in [-0.1, -0.05) is 18.0 Å². The lowest BCUT2D eigenvalue weighted by molar-refractivity contribution is 0.416. The summed E-state index contributed by atoms with van der Waals surface area (Å²) in [6.45, 7) is 1.84. The van der Waals surface area contributed by atoms with Gasteiger partial charge >= 0.3 is 0 Å². The fourth-order valence-corrected chi connectivity index (χ4v) is 2.88. The highest BCUT2D eigenvalue weighted by atomic mass is 16.5. The van der Waals surface area contributed by atoms with Crippen molar-refractivity contribution in [1.82, 2.24) is 15.1 Å². The van der Waals surface area contributed by atoms with Crippen molar-refractivity contribution in [3.8, 4) is 11.5 Å². The molecule has 0 atom stereocenters. The summed E-state index contributed by atoms with van der Waals surface area (Å²) in [7, 11) is 0. The fraction of sp³-hybridized carbons (Fsp3) is 0.400. The molecule has 20 heavy (non-hydrogen) atoms. The van der Waals surface area contributed by atoms with Gasteiger partial charge in [0.05, 0.1) is 0 Å². The molecule has 0 bridgehead atoms. The Morgan fingerprint density at radius 3 is 2.85 bits per heavy atom. The average Bonchev–Trinajstić information content (AvgIpc) is 3.17. The van der Waals surface area contributed by atoms with Crippen molar-refractivity contribution in [2.45, 2.75) is 38.5 Å². The van der Waals surface area contributed by atoms with E-state index in [9.17, 15) is 0 Å². The summed E-state index contributed by atoms with van der Waals surface area (Å²) in [6, 6.07) is 5.75. The number of hydrogen-bond acceptors (Lipinski definition) is 5. The Labute approximate surface area is 116 Å². The van der Waals surface area contributed by atoms with Crippen molar-refractivity contribution >= 4 is 11.1 Å². The molecule has 0 aliphatic heterocycles. The molecule has 1 aliphatic rings. The monoisotopic (exact) mass is 269 g/mol. The van der Waals surface area contributed by atoms with Crippen LogP contribution in [0.3, 0.4) is 0 Å². The average molecular weight is 269 g/mol. The zero-order valence-electron chi connectivity index (χ0n) is 11.3. The van der Waals surface area contributed by atoms with Gasteiger partial charge < -0.3 is 8.94 Å². The SMILES string of the molecule is Cc1nc2cc(-c3nc(C4CCCC4)no3)ccc2o1.